The highest BCUT2D eigenvalue weighted by Gasteiger charge is 2.01. The summed E-state index contributed by atoms with van der Waals surface area (Å²) < 4.78 is 5.01. The van der Waals surface area contributed by atoms with E-state index in [1.165, 1.54) is 16.9 Å². The first kappa shape index (κ1) is 12.4. The lowest BCUT2D eigenvalue weighted by molar-refractivity contribution is 0.194. The number of hydrogen-bond donors (Lipinski definition) is 1. The van der Waals surface area contributed by atoms with Crippen LogP contribution in [0.4, 0.5) is 5.69 Å². The smallest absolute Gasteiger partial charge is 0.0462 e. The maximum absolute atomic E-state index is 5.84. The molecule has 84 valence electrons. The molecule has 0 saturated carbocycles. The van der Waals surface area contributed by atoms with Gasteiger partial charge in [0, 0.05) is 24.3 Å². The minimum absolute atomic E-state index is 0.858. The number of ether oxygens (including phenoxy) is 1. The molecule has 0 fully saturated rings. The molecule has 0 unspecified atom stereocenters. The van der Waals surface area contributed by atoms with Gasteiger partial charge in [0.2, 0.25) is 0 Å². The zero-order chi connectivity index (χ0) is 11.1. The zero-order valence-electron chi connectivity index (χ0n) is 9.45. The quantitative estimate of drug-likeness (QED) is 0.459. The maximum atomic E-state index is 5.84. The Balaban J connectivity index is 2.34. The van der Waals surface area contributed by atoms with Crippen LogP contribution < -0.4 is 5.73 Å². The van der Waals surface area contributed by atoms with Crippen LogP contribution in [0.1, 0.15) is 18.4 Å². The van der Waals surface area contributed by atoms with E-state index in [1.54, 1.807) is 7.11 Å². The molecule has 0 aromatic heterocycles. The van der Waals surface area contributed by atoms with Crippen molar-refractivity contribution in [2.75, 3.05) is 25.2 Å². The predicted molar refractivity (Wildman–Crippen MR) is 67.4 cm³/mol. The SMILES string of the molecule is COCCCCSc1cccc(N)c1C. The molecule has 1 aromatic rings. The van der Waals surface area contributed by atoms with E-state index in [2.05, 4.69) is 13.0 Å². The van der Waals surface area contributed by atoms with Crippen LogP contribution in [0.5, 0.6) is 0 Å². The fraction of sp³-hybridized carbons (Fsp3) is 0.500. The largest absolute Gasteiger partial charge is 0.398 e. The summed E-state index contributed by atoms with van der Waals surface area (Å²) in [7, 11) is 1.75. The van der Waals surface area contributed by atoms with Crippen molar-refractivity contribution in [3.63, 3.8) is 0 Å². The standard InChI is InChI=1S/C12H19NOS/c1-10-11(13)6-5-7-12(10)15-9-4-3-8-14-2/h5-7H,3-4,8-9,13H2,1-2H3. The molecule has 3 heteroatoms. The van der Waals surface area contributed by atoms with Gasteiger partial charge in [-0.3, -0.25) is 0 Å². The molecule has 2 N–H and O–H groups in total. The molecule has 0 amide bonds. The third-order valence-electron chi connectivity index (χ3n) is 2.33. The van der Waals surface area contributed by atoms with E-state index in [1.807, 2.05) is 23.9 Å². The number of nitrogen functional groups attached to an aromatic ring is 1. The second-order valence-electron chi connectivity index (χ2n) is 3.52. The molecule has 0 bridgehead atoms. The molecule has 0 saturated heterocycles. The summed E-state index contributed by atoms with van der Waals surface area (Å²) in [4.78, 5) is 1.30. The second kappa shape index (κ2) is 6.75. The summed E-state index contributed by atoms with van der Waals surface area (Å²) in [6, 6.07) is 6.09. The maximum Gasteiger partial charge on any atom is 0.0462 e. The van der Waals surface area contributed by atoms with Crippen molar-refractivity contribution in [2.24, 2.45) is 0 Å². The van der Waals surface area contributed by atoms with Gasteiger partial charge in [-0.15, -0.1) is 11.8 Å². The molecule has 1 rings (SSSR count). The van der Waals surface area contributed by atoms with E-state index >= 15 is 0 Å². The fourth-order valence-electron chi connectivity index (χ4n) is 1.32. The van der Waals surface area contributed by atoms with Crippen LogP contribution in [0.15, 0.2) is 23.1 Å². The van der Waals surface area contributed by atoms with E-state index in [0.717, 1.165) is 24.5 Å². The Morgan fingerprint density at radius 1 is 1.33 bits per heavy atom. The van der Waals surface area contributed by atoms with E-state index < -0.39 is 0 Å². The summed E-state index contributed by atoms with van der Waals surface area (Å²) in [5.41, 5.74) is 7.93. The highest BCUT2D eigenvalue weighted by molar-refractivity contribution is 7.99. The molecule has 0 atom stereocenters. The number of anilines is 1. The van der Waals surface area contributed by atoms with Gasteiger partial charge in [0.1, 0.15) is 0 Å². The Morgan fingerprint density at radius 3 is 2.87 bits per heavy atom. The summed E-state index contributed by atoms with van der Waals surface area (Å²) >= 11 is 1.88. The first-order valence-corrected chi connectivity index (χ1v) is 6.21. The Hall–Kier alpha value is -0.670. The van der Waals surface area contributed by atoms with Gasteiger partial charge < -0.3 is 10.5 Å². The van der Waals surface area contributed by atoms with Crippen molar-refractivity contribution in [3.05, 3.63) is 23.8 Å². The molecule has 2 nitrogen and oxygen atoms in total. The monoisotopic (exact) mass is 225 g/mol. The van der Waals surface area contributed by atoms with Crippen molar-refractivity contribution in [1.82, 2.24) is 0 Å². The number of benzene rings is 1. The molecular formula is C12H19NOS. The lowest BCUT2D eigenvalue weighted by Crippen LogP contribution is -1.93. The highest BCUT2D eigenvalue weighted by Crippen LogP contribution is 2.26. The molecule has 0 radical (unpaired) electrons. The number of unbranched alkanes of at least 4 members (excludes halogenated alkanes) is 1. The van der Waals surface area contributed by atoms with Crippen molar-refractivity contribution < 1.29 is 4.74 Å². The molecule has 0 heterocycles. The Labute approximate surface area is 96.2 Å². The number of methoxy groups -OCH3 is 1. The minimum Gasteiger partial charge on any atom is -0.398 e. The van der Waals surface area contributed by atoms with Gasteiger partial charge in [0.25, 0.3) is 0 Å². The van der Waals surface area contributed by atoms with Crippen molar-refractivity contribution in [2.45, 2.75) is 24.7 Å². The number of nitrogens with two attached hydrogens (primary N) is 1. The van der Waals surface area contributed by atoms with Crippen LogP contribution >= 0.6 is 11.8 Å². The van der Waals surface area contributed by atoms with Crippen LogP contribution in [-0.2, 0) is 4.74 Å². The number of thioether (sulfide) groups is 1. The summed E-state index contributed by atoms with van der Waals surface area (Å²) in [5, 5.41) is 0. The van der Waals surface area contributed by atoms with Gasteiger partial charge in [0.15, 0.2) is 0 Å². The molecule has 1 aromatic carbocycles. The van der Waals surface area contributed by atoms with Gasteiger partial charge in [-0.2, -0.15) is 0 Å². The van der Waals surface area contributed by atoms with E-state index in [9.17, 15) is 0 Å². The lowest BCUT2D eigenvalue weighted by Gasteiger charge is -2.07. The summed E-state index contributed by atoms with van der Waals surface area (Å²) in [6.07, 6.45) is 2.32. The van der Waals surface area contributed by atoms with Gasteiger partial charge in [-0.1, -0.05) is 6.07 Å². The van der Waals surface area contributed by atoms with E-state index in [0.29, 0.717) is 0 Å². The predicted octanol–water partition coefficient (Wildman–Crippen LogP) is 3.10. The van der Waals surface area contributed by atoms with Gasteiger partial charge in [0.05, 0.1) is 0 Å². The molecular weight excluding hydrogens is 206 g/mol. The number of hydrogen-bond acceptors (Lipinski definition) is 3. The van der Waals surface area contributed by atoms with Crippen molar-refractivity contribution in [1.29, 1.82) is 0 Å². The Morgan fingerprint density at radius 2 is 2.13 bits per heavy atom. The van der Waals surface area contributed by atoms with Gasteiger partial charge >= 0.3 is 0 Å². The first-order chi connectivity index (χ1) is 7.25. The molecule has 15 heavy (non-hydrogen) atoms. The Bertz CT molecular complexity index is 302. The molecule has 0 aliphatic heterocycles. The third kappa shape index (κ3) is 4.14. The third-order valence-corrected chi connectivity index (χ3v) is 3.57. The van der Waals surface area contributed by atoms with E-state index in [4.69, 9.17) is 10.5 Å². The normalized spacial score (nSPS) is 10.5. The van der Waals surface area contributed by atoms with Crippen LogP contribution in [-0.4, -0.2) is 19.5 Å². The fourth-order valence-corrected chi connectivity index (χ4v) is 2.40. The van der Waals surface area contributed by atoms with Crippen molar-refractivity contribution >= 4 is 17.4 Å². The topological polar surface area (TPSA) is 35.2 Å². The second-order valence-corrected chi connectivity index (χ2v) is 4.66. The first-order valence-electron chi connectivity index (χ1n) is 5.22. The van der Waals surface area contributed by atoms with Crippen LogP contribution in [0, 0.1) is 6.92 Å². The lowest BCUT2D eigenvalue weighted by atomic mass is 10.2. The average Bonchev–Trinajstić information content (AvgIpc) is 2.24. The molecule has 0 aliphatic rings. The average molecular weight is 225 g/mol. The van der Waals surface area contributed by atoms with Crippen LogP contribution in [0.25, 0.3) is 0 Å². The van der Waals surface area contributed by atoms with Crippen LogP contribution in [0.3, 0.4) is 0 Å². The zero-order valence-corrected chi connectivity index (χ0v) is 10.3. The van der Waals surface area contributed by atoms with Gasteiger partial charge in [-0.05, 0) is 43.2 Å². The Kier molecular flexibility index (Phi) is 5.58. The van der Waals surface area contributed by atoms with E-state index in [-0.39, 0.29) is 0 Å². The summed E-state index contributed by atoms with van der Waals surface area (Å²) in [5.74, 6) is 1.13. The van der Waals surface area contributed by atoms with Gasteiger partial charge in [-0.25, -0.2) is 0 Å². The summed E-state index contributed by atoms with van der Waals surface area (Å²) in [6.45, 7) is 2.93. The highest BCUT2D eigenvalue weighted by atomic mass is 32.2. The molecule has 0 aliphatic carbocycles. The van der Waals surface area contributed by atoms with Crippen LogP contribution in [0.2, 0.25) is 0 Å². The minimum atomic E-state index is 0.858. The molecule has 0 spiro atoms. The van der Waals surface area contributed by atoms with Crippen molar-refractivity contribution in [3.8, 4) is 0 Å². The number of rotatable bonds is 6.